The first-order chi connectivity index (χ1) is 11.6. The van der Waals surface area contributed by atoms with Crippen LogP contribution in [-0.2, 0) is 17.9 Å². The molecular formula is C18H14Cl3NS2. The van der Waals surface area contributed by atoms with Crippen LogP contribution in [0.2, 0.25) is 15.1 Å². The number of halogens is 3. The fourth-order valence-corrected chi connectivity index (χ4v) is 4.44. The third-order valence-corrected chi connectivity index (χ3v) is 6.30. The van der Waals surface area contributed by atoms with E-state index in [9.17, 15) is 0 Å². The summed E-state index contributed by atoms with van der Waals surface area (Å²) in [7, 11) is 0. The predicted octanol–water partition coefficient (Wildman–Crippen LogP) is 7.13. The highest BCUT2D eigenvalue weighted by atomic mass is 35.5. The van der Waals surface area contributed by atoms with Crippen molar-refractivity contribution >= 4 is 57.9 Å². The average molecular weight is 415 g/mol. The number of hydrogen-bond donors (Lipinski definition) is 0. The van der Waals surface area contributed by atoms with E-state index in [1.54, 1.807) is 11.3 Å². The van der Waals surface area contributed by atoms with Crippen molar-refractivity contribution in [3.8, 4) is 0 Å². The van der Waals surface area contributed by atoms with Crippen LogP contribution in [0.4, 0.5) is 0 Å². The number of rotatable bonds is 6. The molecule has 0 spiro atoms. The maximum Gasteiger partial charge on any atom is 0.0972 e. The third kappa shape index (κ3) is 5.14. The van der Waals surface area contributed by atoms with Gasteiger partial charge in [-0.05, 0) is 35.4 Å². The molecule has 1 aromatic heterocycles. The molecule has 0 fully saturated rings. The first-order valence-electron chi connectivity index (χ1n) is 7.29. The number of aromatic nitrogens is 1. The molecule has 0 saturated carbocycles. The van der Waals surface area contributed by atoms with Crippen LogP contribution in [-0.4, -0.2) is 4.98 Å². The fourth-order valence-electron chi connectivity index (χ4n) is 2.17. The molecule has 2 aromatic carbocycles. The van der Waals surface area contributed by atoms with Gasteiger partial charge in [0.05, 0.1) is 20.7 Å². The quantitative estimate of drug-likeness (QED) is 0.425. The smallest absolute Gasteiger partial charge is 0.0972 e. The maximum absolute atomic E-state index is 6.06. The number of hydrogen-bond acceptors (Lipinski definition) is 3. The van der Waals surface area contributed by atoms with Crippen LogP contribution in [0, 0.1) is 0 Å². The van der Waals surface area contributed by atoms with Crippen molar-refractivity contribution < 1.29 is 0 Å². The number of thiazole rings is 1. The Morgan fingerprint density at radius 1 is 0.875 bits per heavy atom. The van der Waals surface area contributed by atoms with Crippen molar-refractivity contribution in [3.05, 3.63) is 84.7 Å². The van der Waals surface area contributed by atoms with E-state index in [1.807, 2.05) is 42.1 Å². The summed E-state index contributed by atoms with van der Waals surface area (Å²) < 4.78 is 0. The van der Waals surface area contributed by atoms with E-state index in [0.717, 1.165) is 39.2 Å². The molecule has 0 atom stereocenters. The average Bonchev–Trinajstić information content (AvgIpc) is 3.00. The third-order valence-electron chi connectivity index (χ3n) is 3.37. The second-order valence-electron chi connectivity index (χ2n) is 5.28. The van der Waals surface area contributed by atoms with E-state index in [0.29, 0.717) is 10.0 Å². The van der Waals surface area contributed by atoms with Crippen LogP contribution in [0.15, 0.2) is 47.8 Å². The Kier molecular flexibility index (Phi) is 6.48. The number of benzene rings is 2. The first-order valence-corrected chi connectivity index (χ1v) is 10.5. The summed E-state index contributed by atoms with van der Waals surface area (Å²) in [5.41, 5.74) is 3.52. The van der Waals surface area contributed by atoms with Gasteiger partial charge in [-0.1, -0.05) is 53.0 Å². The molecule has 124 valence electrons. The summed E-state index contributed by atoms with van der Waals surface area (Å²) in [6.07, 6.45) is 0.781. The van der Waals surface area contributed by atoms with E-state index in [1.165, 1.54) is 5.56 Å². The van der Waals surface area contributed by atoms with Crippen LogP contribution in [0.5, 0.6) is 0 Å². The molecule has 0 unspecified atom stereocenters. The summed E-state index contributed by atoms with van der Waals surface area (Å²) in [6, 6.07) is 13.7. The SMILES string of the molecule is Clc1ccc(CSCc2csc(Cc3ccc(Cl)c(Cl)c3)n2)cc1. The molecule has 3 rings (SSSR count). The standard InChI is InChI=1S/C18H14Cl3NS2/c19-14-4-1-12(2-5-14)9-23-10-15-11-24-18(22-15)8-13-3-6-16(20)17(21)7-13/h1-7,11H,8-10H2. The van der Waals surface area contributed by atoms with E-state index < -0.39 is 0 Å². The highest BCUT2D eigenvalue weighted by molar-refractivity contribution is 7.97. The molecule has 0 radical (unpaired) electrons. The molecule has 24 heavy (non-hydrogen) atoms. The Balaban J connectivity index is 1.53. The molecule has 1 heterocycles. The summed E-state index contributed by atoms with van der Waals surface area (Å²) in [6.45, 7) is 0. The Hall–Kier alpha value is -0.710. The lowest BCUT2D eigenvalue weighted by Gasteiger charge is -2.01. The Labute approximate surface area is 165 Å². The van der Waals surface area contributed by atoms with Crippen molar-refractivity contribution in [3.63, 3.8) is 0 Å². The Morgan fingerprint density at radius 3 is 2.38 bits per heavy atom. The first kappa shape index (κ1) is 18.1. The molecule has 3 aromatic rings. The van der Waals surface area contributed by atoms with Crippen molar-refractivity contribution in [1.29, 1.82) is 0 Å². The fraction of sp³-hybridized carbons (Fsp3) is 0.167. The maximum atomic E-state index is 6.06. The van der Waals surface area contributed by atoms with E-state index >= 15 is 0 Å². The minimum absolute atomic E-state index is 0.582. The minimum Gasteiger partial charge on any atom is -0.245 e. The van der Waals surface area contributed by atoms with Gasteiger partial charge in [-0.2, -0.15) is 11.8 Å². The monoisotopic (exact) mass is 413 g/mol. The van der Waals surface area contributed by atoms with Gasteiger partial charge < -0.3 is 0 Å². The summed E-state index contributed by atoms with van der Waals surface area (Å²) >= 11 is 21.4. The number of thioether (sulfide) groups is 1. The second-order valence-corrected chi connectivity index (χ2v) is 8.46. The molecule has 0 N–H and O–H groups in total. The summed E-state index contributed by atoms with van der Waals surface area (Å²) in [5, 5.41) is 5.16. The second kappa shape index (κ2) is 8.59. The van der Waals surface area contributed by atoms with Crippen molar-refractivity contribution in [2.75, 3.05) is 0 Å². The highest BCUT2D eigenvalue weighted by Gasteiger charge is 2.06. The van der Waals surface area contributed by atoms with Gasteiger partial charge in [0.25, 0.3) is 0 Å². The van der Waals surface area contributed by atoms with Gasteiger partial charge in [0.15, 0.2) is 0 Å². The van der Waals surface area contributed by atoms with Gasteiger partial charge in [-0.15, -0.1) is 11.3 Å². The zero-order valence-electron chi connectivity index (χ0n) is 12.6. The van der Waals surface area contributed by atoms with Crippen molar-refractivity contribution in [2.24, 2.45) is 0 Å². The van der Waals surface area contributed by atoms with Crippen LogP contribution >= 0.6 is 57.9 Å². The van der Waals surface area contributed by atoms with E-state index in [-0.39, 0.29) is 0 Å². The van der Waals surface area contributed by atoms with Crippen molar-refractivity contribution in [1.82, 2.24) is 4.98 Å². The largest absolute Gasteiger partial charge is 0.245 e. The Bertz CT molecular complexity index is 815. The minimum atomic E-state index is 0.582. The molecule has 0 bridgehead atoms. The van der Waals surface area contributed by atoms with Gasteiger partial charge in [0.2, 0.25) is 0 Å². The predicted molar refractivity (Wildman–Crippen MR) is 108 cm³/mol. The summed E-state index contributed by atoms with van der Waals surface area (Å²) in [4.78, 5) is 4.70. The molecule has 0 saturated heterocycles. The van der Waals surface area contributed by atoms with Crippen LogP contribution in [0.3, 0.4) is 0 Å². The van der Waals surface area contributed by atoms with Crippen molar-refractivity contribution in [2.45, 2.75) is 17.9 Å². The molecule has 0 amide bonds. The van der Waals surface area contributed by atoms with Crippen LogP contribution < -0.4 is 0 Å². The topological polar surface area (TPSA) is 12.9 Å². The summed E-state index contributed by atoms with van der Waals surface area (Å²) in [5.74, 6) is 1.86. The molecule has 0 aliphatic heterocycles. The molecular weight excluding hydrogens is 401 g/mol. The molecule has 0 aliphatic carbocycles. The van der Waals surface area contributed by atoms with Gasteiger partial charge in [0.1, 0.15) is 0 Å². The molecule has 1 nitrogen and oxygen atoms in total. The zero-order valence-corrected chi connectivity index (χ0v) is 16.5. The van der Waals surface area contributed by atoms with E-state index in [4.69, 9.17) is 39.8 Å². The Morgan fingerprint density at radius 2 is 1.62 bits per heavy atom. The highest BCUT2D eigenvalue weighted by Crippen LogP contribution is 2.25. The lowest BCUT2D eigenvalue weighted by atomic mass is 10.2. The zero-order chi connectivity index (χ0) is 16.9. The molecule has 6 heteroatoms. The van der Waals surface area contributed by atoms with Crippen LogP contribution in [0.25, 0.3) is 0 Å². The number of nitrogens with zero attached hydrogens (tertiary/aromatic N) is 1. The van der Waals surface area contributed by atoms with Gasteiger partial charge in [0, 0.05) is 28.3 Å². The van der Waals surface area contributed by atoms with Crippen LogP contribution in [0.1, 0.15) is 21.8 Å². The molecule has 0 aliphatic rings. The van der Waals surface area contributed by atoms with Gasteiger partial charge in [-0.3, -0.25) is 0 Å². The lowest BCUT2D eigenvalue weighted by Crippen LogP contribution is -1.89. The van der Waals surface area contributed by atoms with Gasteiger partial charge in [-0.25, -0.2) is 4.98 Å². The lowest BCUT2D eigenvalue weighted by molar-refractivity contribution is 1.09. The van der Waals surface area contributed by atoms with Gasteiger partial charge >= 0.3 is 0 Å². The van der Waals surface area contributed by atoms with E-state index in [2.05, 4.69) is 17.5 Å². The normalized spacial score (nSPS) is 11.0.